The van der Waals surface area contributed by atoms with Crippen molar-refractivity contribution >= 4 is 15.8 Å². The van der Waals surface area contributed by atoms with Crippen LogP contribution >= 0.6 is 0 Å². The number of hydrogen-bond donors (Lipinski definition) is 1. The van der Waals surface area contributed by atoms with Crippen molar-refractivity contribution in [2.75, 3.05) is 4.72 Å². The third kappa shape index (κ3) is 4.42. The number of halogens is 9. The molecule has 2 rings (SSSR count). The van der Waals surface area contributed by atoms with E-state index >= 15 is 0 Å². The molecule has 16 heteroatoms. The minimum Gasteiger partial charge on any atom is -0.258 e. The minimum absolute atomic E-state index is 0.226. The van der Waals surface area contributed by atoms with E-state index in [0.29, 0.717) is 18.3 Å². The van der Waals surface area contributed by atoms with E-state index in [4.69, 9.17) is 0 Å². The third-order valence-electron chi connectivity index (χ3n) is 2.83. The maximum absolute atomic E-state index is 12.7. The van der Waals surface area contributed by atoms with E-state index in [0.717, 1.165) is 4.72 Å². The molecule has 150 valence electrons. The average Bonchev–Trinajstić information content (AvgIpc) is 2.94. The number of sulfonamides is 1. The topological polar surface area (TPSA) is 76.9 Å². The first kappa shape index (κ1) is 20.8. The van der Waals surface area contributed by atoms with Gasteiger partial charge < -0.3 is 0 Å². The molecule has 0 saturated carbocycles. The predicted molar refractivity (Wildman–Crippen MR) is 70.0 cm³/mol. The lowest BCUT2D eigenvalue weighted by molar-refractivity contribution is -0.141. The van der Waals surface area contributed by atoms with Crippen LogP contribution in [0.5, 0.6) is 0 Å². The summed E-state index contributed by atoms with van der Waals surface area (Å²) in [4.78, 5) is 2.73. The number of nitrogens with one attached hydrogen (secondary N) is 1. The quantitative estimate of drug-likeness (QED) is 0.759. The molecule has 2 aromatic heterocycles. The van der Waals surface area contributed by atoms with E-state index in [1.165, 1.54) is 0 Å². The summed E-state index contributed by atoms with van der Waals surface area (Å²) in [5, 5.41) is 2.95. The summed E-state index contributed by atoms with van der Waals surface area (Å²) in [6, 6.07) is 1.02. The Kier molecular flexibility index (Phi) is 4.83. The Morgan fingerprint density at radius 1 is 0.852 bits per heavy atom. The molecule has 6 nitrogen and oxygen atoms in total. The molecule has 0 bridgehead atoms. The molecular weight excluding hydrogens is 423 g/mol. The Bertz CT molecular complexity index is 944. The molecule has 0 aromatic carbocycles. The molecule has 2 aromatic rings. The van der Waals surface area contributed by atoms with Crippen LogP contribution in [-0.4, -0.2) is 28.7 Å². The Morgan fingerprint density at radius 2 is 1.41 bits per heavy atom. The molecule has 2 heterocycles. The van der Waals surface area contributed by atoms with Gasteiger partial charge in [0.15, 0.2) is 11.5 Å². The summed E-state index contributed by atoms with van der Waals surface area (Å²) in [5.74, 6) is -1.51. The smallest absolute Gasteiger partial charge is 0.258 e. The second-order valence-corrected chi connectivity index (χ2v) is 6.43. The van der Waals surface area contributed by atoms with Crippen molar-refractivity contribution in [1.29, 1.82) is 0 Å². The average molecular weight is 428 g/mol. The summed E-state index contributed by atoms with van der Waals surface area (Å²) < 4.78 is 137. The van der Waals surface area contributed by atoms with E-state index in [2.05, 4.69) is 10.1 Å². The van der Waals surface area contributed by atoms with Crippen LogP contribution in [0, 0.1) is 0 Å². The molecule has 0 aliphatic rings. The summed E-state index contributed by atoms with van der Waals surface area (Å²) in [7, 11) is -6.21. The standard InChI is InChI=1S/C11H5F9N4O2S/c12-9(13,14)6-2-1-5(24-4-3-7(22-24)10(15,16)17)8(21-6)23-27(25,26)11(18,19)20/h1-4H,(H,21,23). The van der Waals surface area contributed by atoms with Gasteiger partial charge in [-0.3, -0.25) is 4.72 Å². The third-order valence-corrected chi connectivity index (χ3v) is 3.90. The van der Waals surface area contributed by atoms with E-state index in [9.17, 15) is 47.9 Å². The molecule has 0 aliphatic heterocycles. The van der Waals surface area contributed by atoms with Gasteiger partial charge in [-0.2, -0.15) is 53.0 Å². The number of nitrogens with zero attached hydrogens (tertiary/aromatic N) is 3. The van der Waals surface area contributed by atoms with E-state index in [1.54, 1.807) is 0 Å². The largest absolute Gasteiger partial charge is 0.516 e. The zero-order valence-corrected chi connectivity index (χ0v) is 13.1. The van der Waals surface area contributed by atoms with Gasteiger partial charge in [0.1, 0.15) is 11.4 Å². The Morgan fingerprint density at radius 3 is 1.85 bits per heavy atom. The first-order valence-electron chi connectivity index (χ1n) is 6.33. The molecule has 1 N–H and O–H groups in total. The second-order valence-electron chi connectivity index (χ2n) is 4.76. The van der Waals surface area contributed by atoms with E-state index in [1.807, 2.05) is 0 Å². The SMILES string of the molecule is O=S(=O)(Nc1nc(C(F)(F)F)ccc1-n1ccc(C(F)(F)F)n1)C(F)(F)F. The highest BCUT2D eigenvalue weighted by Gasteiger charge is 2.47. The summed E-state index contributed by atoms with van der Waals surface area (Å²) in [6.45, 7) is 0. The van der Waals surface area contributed by atoms with Gasteiger partial charge in [-0.1, -0.05) is 0 Å². The number of hydrogen-bond acceptors (Lipinski definition) is 4. The summed E-state index contributed by atoms with van der Waals surface area (Å²) in [5.41, 5.74) is -10.1. The fourth-order valence-electron chi connectivity index (χ4n) is 1.66. The van der Waals surface area contributed by atoms with Crippen LogP contribution in [-0.2, 0) is 22.4 Å². The lowest BCUT2D eigenvalue weighted by Crippen LogP contribution is -2.31. The maximum Gasteiger partial charge on any atom is 0.516 e. The Balaban J connectivity index is 2.62. The highest BCUT2D eigenvalue weighted by molar-refractivity contribution is 7.93. The van der Waals surface area contributed by atoms with Gasteiger partial charge in [-0.25, -0.2) is 9.67 Å². The molecule has 27 heavy (non-hydrogen) atoms. The van der Waals surface area contributed by atoms with Crippen molar-refractivity contribution < 1.29 is 47.9 Å². The van der Waals surface area contributed by atoms with Gasteiger partial charge in [0.05, 0.1) is 0 Å². The van der Waals surface area contributed by atoms with E-state index in [-0.39, 0.29) is 10.7 Å². The van der Waals surface area contributed by atoms with Crippen LogP contribution in [0.1, 0.15) is 11.4 Å². The molecule has 0 fully saturated rings. The zero-order valence-electron chi connectivity index (χ0n) is 12.3. The molecule has 0 saturated heterocycles. The zero-order chi connectivity index (χ0) is 20.8. The van der Waals surface area contributed by atoms with Crippen molar-refractivity contribution in [2.45, 2.75) is 17.9 Å². The summed E-state index contributed by atoms with van der Waals surface area (Å²) >= 11 is 0. The normalized spacial score (nSPS) is 13.7. The first-order chi connectivity index (χ1) is 12.0. The number of pyridine rings is 1. The van der Waals surface area contributed by atoms with Crippen LogP contribution in [0.15, 0.2) is 24.4 Å². The number of anilines is 1. The fourth-order valence-corrected chi connectivity index (χ4v) is 2.18. The molecule has 0 unspecified atom stereocenters. The van der Waals surface area contributed by atoms with Gasteiger partial charge in [0.2, 0.25) is 0 Å². The maximum atomic E-state index is 12.7. The summed E-state index contributed by atoms with van der Waals surface area (Å²) in [6.07, 6.45) is -9.58. The van der Waals surface area contributed by atoms with Gasteiger partial charge in [-0.15, -0.1) is 0 Å². The number of aromatic nitrogens is 3. The molecular formula is C11H5F9N4O2S. The van der Waals surface area contributed by atoms with Crippen LogP contribution in [0.2, 0.25) is 0 Å². The Hall–Kier alpha value is -2.52. The Labute approximate surface area is 143 Å². The van der Waals surface area contributed by atoms with Crippen molar-refractivity contribution in [1.82, 2.24) is 14.8 Å². The van der Waals surface area contributed by atoms with Crippen molar-refractivity contribution in [2.24, 2.45) is 0 Å². The number of rotatable bonds is 3. The van der Waals surface area contributed by atoms with Crippen LogP contribution in [0.25, 0.3) is 5.69 Å². The van der Waals surface area contributed by atoms with Crippen LogP contribution in [0.3, 0.4) is 0 Å². The molecule has 0 radical (unpaired) electrons. The molecule has 0 atom stereocenters. The van der Waals surface area contributed by atoms with Gasteiger partial charge in [0.25, 0.3) is 0 Å². The monoisotopic (exact) mass is 428 g/mol. The highest BCUT2D eigenvalue weighted by atomic mass is 32.2. The van der Waals surface area contributed by atoms with Crippen molar-refractivity contribution in [3.63, 3.8) is 0 Å². The molecule has 0 aliphatic carbocycles. The van der Waals surface area contributed by atoms with Crippen LogP contribution in [0.4, 0.5) is 45.3 Å². The first-order valence-corrected chi connectivity index (χ1v) is 7.81. The molecule has 0 amide bonds. The highest BCUT2D eigenvalue weighted by Crippen LogP contribution is 2.33. The predicted octanol–water partition coefficient (Wildman–Crippen LogP) is 3.57. The lowest BCUT2D eigenvalue weighted by Gasteiger charge is -2.15. The van der Waals surface area contributed by atoms with Crippen molar-refractivity contribution in [3.05, 3.63) is 35.8 Å². The minimum atomic E-state index is -6.21. The lowest BCUT2D eigenvalue weighted by atomic mass is 10.3. The van der Waals surface area contributed by atoms with Gasteiger partial charge in [-0.05, 0) is 18.2 Å². The van der Waals surface area contributed by atoms with E-state index < -0.39 is 50.8 Å². The van der Waals surface area contributed by atoms with Gasteiger partial charge in [0, 0.05) is 6.20 Å². The fraction of sp³-hybridized carbons (Fsp3) is 0.273. The van der Waals surface area contributed by atoms with Crippen LogP contribution < -0.4 is 4.72 Å². The van der Waals surface area contributed by atoms with Gasteiger partial charge >= 0.3 is 27.9 Å². The number of alkyl halides is 9. The molecule has 0 spiro atoms. The van der Waals surface area contributed by atoms with Crippen molar-refractivity contribution in [3.8, 4) is 5.69 Å². The second kappa shape index (κ2) is 6.28.